The minimum atomic E-state index is 0.835. The van der Waals surface area contributed by atoms with Crippen LogP contribution in [0.15, 0.2) is 0 Å². The van der Waals surface area contributed by atoms with Crippen molar-refractivity contribution in [1.29, 1.82) is 0 Å². The zero-order valence-electron chi connectivity index (χ0n) is 5.06. The Bertz CT molecular complexity index is 61.5. The van der Waals surface area contributed by atoms with Gasteiger partial charge in [0.15, 0.2) is 0 Å². The van der Waals surface area contributed by atoms with Gasteiger partial charge in [0, 0.05) is 18.3 Å². The van der Waals surface area contributed by atoms with Crippen molar-refractivity contribution >= 4 is 12.6 Å². The number of hydrogen-bond donors (Lipinski definition) is 2. The predicted octanol–water partition coefficient (Wildman–Crippen LogP) is 1.06. The van der Waals surface area contributed by atoms with Crippen LogP contribution in [-0.4, -0.2) is 18.3 Å². The molecule has 1 fully saturated rings. The van der Waals surface area contributed by atoms with E-state index in [9.17, 15) is 0 Å². The smallest absolute Gasteiger partial charge is 0.00674 e. The highest BCUT2D eigenvalue weighted by Crippen LogP contribution is 2.17. The SMILES string of the molecule is SCCNC1CCC1. The molecular weight excluding hydrogens is 118 g/mol. The molecule has 48 valence electrons. The van der Waals surface area contributed by atoms with Crippen LogP contribution >= 0.6 is 12.6 Å². The van der Waals surface area contributed by atoms with Crippen molar-refractivity contribution < 1.29 is 0 Å². The molecule has 1 N–H and O–H groups in total. The van der Waals surface area contributed by atoms with Crippen LogP contribution in [0, 0.1) is 0 Å². The number of nitrogens with one attached hydrogen (secondary N) is 1. The molecule has 8 heavy (non-hydrogen) atoms. The fourth-order valence-corrected chi connectivity index (χ4v) is 1.01. The van der Waals surface area contributed by atoms with Gasteiger partial charge in [-0.2, -0.15) is 12.6 Å². The van der Waals surface area contributed by atoms with Crippen LogP contribution in [0.2, 0.25) is 0 Å². The van der Waals surface area contributed by atoms with Crippen LogP contribution in [-0.2, 0) is 0 Å². The minimum Gasteiger partial charge on any atom is -0.313 e. The van der Waals surface area contributed by atoms with Crippen LogP contribution in [0.3, 0.4) is 0 Å². The van der Waals surface area contributed by atoms with Crippen molar-refractivity contribution in [3.05, 3.63) is 0 Å². The van der Waals surface area contributed by atoms with Crippen LogP contribution < -0.4 is 5.32 Å². The zero-order chi connectivity index (χ0) is 5.82. The third-order valence-corrected chi connectivity index (χ3v) is 1.87. The maximum absolute atomic E-state index is 4.10. The van der Waals surface area contributed by atoms with E-state index in [-0.39, 0.29) is 0 Å². The Morgan fingerprint density at radius 3 is 2.62 bits per heavy atom. The van der Waals surface area contributed by atoms with E-state index >= 15 is 0 Å². The summed E-state index contributed by atoms with van der Waals surface area (Å²) >= 11 is 4.10. The van der Waals surface area contributed by atoms with Gasteiger partial charge in [-0.1, -0.05) is 6.42 Å². The van der Waals surface area contributed by atoms with Gasteiger partial charge in [-0.15, -0.1) is 0 Å². The van der Waals surface area contributed by atoms with E-state index < -0.39 is 0 Å². The Kier molecular flexibility index (Phi) is 2.70. The van der Waals surface area contributed by atoms with Crippen molar-refractivity contribution in [2.75, 3.05) is 12.3 Å². The number of thiol groups is 1. The monoisotopic (exact) mass is 131 g/mol. The average molecular weight is 131 g/mol. The Balaban J connectivity index is 1.86. The van der Waals surface area contributed by atoms with E-state index in [0.29, 0.717) is 0 Å². The molecule has 1 rings (SSSR count). The highest BCUT2D eigenvalue weighted by molar-refractivity contribution is 7.80. The van der Waals surface area contributed by atoms with E-state index in [1.807, 2.05) is 0 Å². The predicted molar refractivity (Wildman–Crippen MR) is 39.5 cm³/mol. The quantitative estimate of drug-likeness (QED) is 0.546. The molecule has 1 aliphatic rings. The second-order valence-electron chi connectivity index (χ2n) is 2.31. The Labute approximate surface area is 56.3 Å². The molecule has 0 aromatic carbocycles. The molecule has 2 heteroatoms. The van der Waals surface area contributed by atoms with Crippen molar-refractivity contribution in [2.45, 2.75) is 25.3 Å². The van der Waals surface area contributed by atoms with Gasteiger partial charge in [-0.05, 0) is 12.8 Å². The van der Waals surface area contributed by atoms with Crippen LogP contribution in [0.1, 0.15) is 19.3 Å². The molecule has 0 heterocycles. The van der Waals surface area contributed by atoms with Gasteiger partial charge in [0.05, 0.1) is 0 Å². The first-order valence-electron chi connectivity index (χ1n) is 3.27. The van der Waals surface area contributed by atoms with Gasteiger partial charge in [-0.25, -0.2) is 0 Å². The molecule has 0 bridgehead atoms. The second kappa shape index (κ2) is 3.36. The Hall–Kier alpha value is 0.310. The van der Waals surface area contributed by atoms with Crippen LogP contribution in [0.5, 0.6) is 0 Å². The summed E-state index contributed by atoms with van der Waals surface area (Å²) < 4.78 is 0. The molecule has 0 spiro atoms. The minimum absolute atomic E-state index is 0.835. The first-order valence-corrected chi connectivity index (χ1v) is 3.91. The molecule has 0 aliphatic heterocycles. The number of rotatable bonds is 3. The summed E-state index contributed by atoms with van der Waals surface area (Å²) in [6.45, 7) is 1.08. The largest absolute Gasteiger partial charge is 0.313 e. The third kappa shape index (κ3) is 1.67. The Morgan fingerprint density at radius 1 is 1.50 bits per heavy atom. The van der Waals surface area contributed by atoms with Crippen molar-refractivity contribution in [2.24, 2.45) is 0 Å². The summed E-state index contributed by atoms with van der Waals surface area (Å²) in [5.41, 5.74) is 0. The first kappa shape index (κ1) is 6.43. The van der Waals surface area contributed by atoms with Gasteiger partial charge in [0.25, 0.3) is 0 Å². The van der Waals surface area contributed by atoms with Gasteiger partial charge >= 0.3 is 0 Å². The summed E-state index contributed by atoms with van der Waals surface area (Å²) in [6.07, 6.45) is 4.19. The van der Waals surface area contributed by atoms with E-state index in [1.54, 1.807) is 0 Å². The molecule has 0 aromatic heterocycles. The normalized spacial score (nSPS) is 20.6. The highest BCUT2D eigenvalue weighted by atomic mass is 32.1. The molecule has 0 saturated heterocycles. The first-order chi connectivity index (χ1) is 3.93. The topological polar surface area (TPSA) is 12.0 Å². The molecule has 1 nitrogen and oxygen atoms in total. The van der Waals surface area contributed by atoms with Gasteiger partial charge in [0.1, 0.15) is 0 Å². The molecule has 1 saturated carbocycles. The molecule has 1 aliphatic carbocycles. The van der Waals surface area contributed by atoms with Crippen LogP contribution in [0.4, 0.5) is 0 Å². The standard InChI is InChI=1S/C6H13NS/c8-5-4-7-6-2-1-3-6/h6-8H,1-5H2. The van der Waals surface area contributed by atoms with E-state index in [4.69, 9.17) is 0 Å². The van der Waals surface area contributed by atoms with Gasteiger partial charge < -0.3 is 5.32 Å². The maximum Gasteiger partial charge on any atom is 0.00674 e. The lowest BCUT2D eigenvalue weighted by atomic mass is 9.93. The van der Waals surface area contributed by atoms with Crippen molar-refractivity contribution in [3.63, 3.8) is 0 Å². The summed E-state index contributed by atoms with van der Waals surface area (Å²) in [5, 5.41) is 3.39. The lowest BCUT2D eigenvalue weighted by Crippen LogP contribution is -2.36. The van der Waals surface area contributed by atoms with E-state index in [2.05, 4.69) is 17.9 Å². The molecular formula is C6H13NS. The van der Waals surface area contributed by atoms with Crippen molar-refractivity contribution in [3.8, 4) is 0 Å². The molecule has 0 unspecified atom stereocenters. The lowest BCUT2D eigenvalue weighted by Gasteiger charge is -2.26. The fraction of sp³-hybridized carbons (Fsp3) is 1.00. The number of hydrogen-bond acceptors (Lipinski definition) is 2. The molecule has 0 radical (unpaired) electrons. The molecule has 0 amide bonds. The van der Waals surface area contributed by atoms with Crippen molar-refractivity contribution in [1.82, 2.24) is 5.32 Å². The second-order valence-corrected chi connectivity index (χ2v) is 2.75. The van der Waals surface area contributed by atoms with E-state index in [0.717, 1.165) is 18.3 Å². The third-order valence-electron chi connectivity index (χ3n) is 1.65. The average Bonchev–Trinajstić information content (AvgIpc) is 1.63. The fourth-order valence-electron chi connectivity index (χ4n) is 0.881. The molecule has 0 atom stereocenters. The molecule has 0 aromatic rings. The zero-order valence-corrected chi connectivity index (χ0v) is 5.95. The van der Waals surface area contributed by atoms with E-state index in [1.165, 1.54) is 19.3 Å². The van der Waals surface area contributed by atoms with Gasteiger partial charge in [-0.3, -0.25) is 0 Å². The summed E-state index contributed by atoms with van der Waals surface area (Å²) in [6, 6.07) is 0.835. The highest BCUT2D eigenvalue weighted by Gasteiger charge is 2.14. The Morgan fingerprint density at radius 2 is 2.25 bits per heavy atom. The lowest BCUT2D eigenvalue weighted by molar-refractivity contribution is 0.347. The maximum atomic E-state index is 4.10. The summed E-state index contributed by atoms with van der Waals surface area (Å²) in [4.78, 5) is 0. The van der Waals surface area contributed by atoms with Gasteiger partial charge in [0.2, 0.25) is 0 Å². The summed E-state index contributed by atoms with van der Waals surface area (Å²) in [5.74, 6) is 0.969. The van der Waals surface area contributed by atoms with Crippen LogP contribution in [0.25, 0.3) is 0 Å². The summed E-state index contributed by atoms with van der Waals surface area (Å²) in [7, 11) is 0.